The first-order chi connectivity index (χ1) is 40.6. The van der Waals surface area contributed by atoms with E-state index in [1.54, 1.807) is 0 Å². The standard InChI is InChI=1S/C77H140O5/c1-3-5-7-9-11-13-15-17-19-21-23-25-27-29-31-33-35-36-37-38-39-40-42-44-46-48-50-52-54-56-58-60-62-64-66-68-70-72-77(80)82-75(73-78)74-81-76(79)71-69-67-65-63-61-59-57-55-53-51-49-47-45-43-41-34-32-30-28-26-24-22-20-18-16-14-12-10-8-6-4-2/h5,7,11,13,17,19,22-25,29,31,75,78H,3-4,6,8-10,12,14-16,18,20-21,26-28,30,32-74H2,1-2H3/b7-5-,13-11-,19-17-,24-22-,25-23-,31-29-. The molecule has 0 aromatic rings. The van der Waals surface area contributed by atoms with Crippen molar-refractivity contribution in [3.05, 3.63) is 72.9 Å². The fourth-order valence-electron chi connectivity index (χ4n) is 11.1. The Morgan fingerprint density at radius 3 is 0.805 bits per heavy atom. The van der Waals surface area contributed by atoms with Crippen molar-refractivity contribution in [2.24, 2.45) is 0 Å². The van der Waals surface area contributed by atoms with Crippen LogP contribution in [-0.4, -0.2) is 36.4 Å². The lowest BCUT2D eigenvalue weighted by molar-refractivity contribution is -0.161. The summed E-state index contributed by atoms with van der Waals surface area (Å²) in [5, 5.41) is 9.71. The fraction of sp³-hybridized carbons (Fsp3) is 0.818. The summed E-state index contributed by atoms with van der Waals surface area (Å²) in [6, 6.07) is 0. The fourth-order valence-corrected chi connectivity index (χ4v) is 11.1. The van der Waals surface area contributed by atoms with Crippen molar-refractivity contribution in [2.45, 2.75) is 392 Å². The maximum atomic E-state index is 12.4. The summed E-state index contributed by atoms with van der Waals surface area (Å²) in [5.41, 5.74) is 0. The van der Waals surface area contributed by atoms with Crippen molar-refractivity contribution in [1.82, 2.24) is 0 Å². The Bertz CT molecular complexity index is 1440. The Kier molecular flexibility index (Phi) is 70.2. The van der Waals surface area contributed by atoms with E-state index in [9.17, 15) is 14.7 Å². The highest BCUT2D eigenvalue weighted by Crippen LogP contribution is 2.19. The first kappa shape index (κ1) is 79.3. The molecule has 0 aliphatic carbocycles. The molecule has 0 rings (SSSR count). The minimum atomic E-state index is -0.772. The second-order valence-electron chi connectivity index (χ2n) is 24.6. The van der Waals surface area contributed by atoms with Crippen LogP contribution < -0.4 is 0 Å². The van der Waals surface area contributed by atoms with Crippen molar-refractivity contribution in [1.29, 1.82) is 0 Å². The van der Waals surface area contributed by atoms with Crippen LogP contribution in [0.25, 0.3) is 0 Å². The molecule has 5 heteroatoms. The van der Waals surface area contributed by atoms with Gasteiger partial charge in [0.2, 0.25) is 0 Å². The largest absolute Gasteiger partial charge is 0.462 e. The van der Waals surface area contributed by atoms with E-state index in [0.29, 0.717) is 12.8 Å². The molecule has 0 aromatic heterocycles. The molecular weight excluding hydrogens is 1000 g/mol. The molecule has 0 radical (unpaired) electrons. The van der Waals surface area contributed by atoms with Crippen LogP contribution in [0.2, 0.25) is 0 Å². The van der Waals surface area contributed by atoms with Gasteiger partial charge in [0.25, 0.3) is 0 Å². The maximum absolute atomic E-state index is 12.4. The van der Waals surface area contributed by atoms with Crippen LogP contribution in [0.3, 0.4) is 0 Å². The number of rotatable bonds is 68. The second kappa shape index (κ2) is 72.6. The zero-order valence-electron chi connectivity index (χ0n) is 55.0. The zero-order chi connectivity index (χ0) is 59.1. The van der Waals surface area contributed by atoms with Crippen molar-refractivity contribution < 1.29 is 24.2 Å². The van der Waals surface area contributed by atoms with Gasteiger partial charge in [-0.25, -0.2) is 0 Å². The van der Waals surface area contributed by atoms with E-state index >= 15 is 0 Å². The van der Waals surface area contributed by atoms with E-state index in [-0.39, 0.29) is 25.2 Å². The number of aliphatic hydroxyl groups excluding tert-OH is 1. The molecule has 0 aromatic carbocycles. The lowest BCUT2D eigenvalue weighted by atomic mass is 10.0. The number of allylic oxidation sites excluding steroid dienone is 12. The smallest absolute Gasteiger partial charge is 0.306 e. The summed E-state index contributed by atoms with van der Waals surface area (Å²) in [5.74, 6) is -0.568. The van der Waals surface area contributed by atoms with Gasteiger partial charge in [-0.15, -0.1) is 0 Å². The predicted molar refractivity (Wildman–Crippen MR) is 362 cm³/mol. The average Bonchev–Trinajstić information content (AvgIpc) is 3.49. The van der Waals surface area contributed by atoms with Gasteiger partial charge >= 0.3 is 11.9 Å². The highest BCUT2D eigenvalue weighted by Gasteiger charge is 2.16. The molecule has 478 valence electrons. The van der Waals surface area contributed by atoms with Gasteiger partial charge in [0.15, 0.2) is 6.10 Å². The van der Waals surface area contributed by atoms with E-state index < -0.39 is 6.10 Å². The van der Waals surface area contributed by atoms with Gasteiger partial charge in [-0.3, -0.25) is 9.59 Å². The van der Waals surface area contributed by atoms with Gasteiger partial charge in [0, 0.05) is 12.8 Å². The molecule has 0 aliphatic rings. The molecule has 0 bridgehead atoms. The van der Waals surface area contributed by atoms with Crippen molar-refractivity contribution in [3.63, 3.8) is 0 Å². The number of ether oxygens (including phenoxy) is 2. The quantitative estimate of drug-likeness (QED) is 0.0373. The zero-order valence-corrected chi connectivity index (χ0v) is 55.0. The van der Waals surface area contributed by atoms with Crippen LogP contribution >= 0.6 is 0 Å². The normalized spacial score (nSPS) is 12.6. The first-order valence-electron chi connectivity index (χ1n) is 36.5. The van der Waals surface area contributed by atoms with Gasteiger partial charge in [-0.1, -0.05) is 363 Å². The average molecular weight is 1150 g/mol. The number of carbonyl (C=O) groups excluding carboxylic acids is 2. The topological polar surface area (TPSA) is 72.8 Å². The summed E-state index contributed by atoms with van der Waals surface area (Å²) in [7, 11) is 0. The predicted octanol–water partition coefficient (Wildman–Crippen LogP) is 25.4. The Balaban J connectivity index is 3.40. The second-order valence-corrected chi connectivity index (χ2v) is 24.6. The van der Waals surface area contributed by atoms with Crippen LogP contribution in [0.15, 0.2) is 72.9 Å². The SMILES string of the molecule is CC/C=C\C/C=C\C/C=C\C/C=C\C/C=C\CCCCCCCCCCCCCCCCCCCCCCCC(=O)OC(CO)COC(=O)CCCCCCCCCCCCCCCCCCCCC/C=C\CCCCCCCCCC. The lowest BCUT2D eigenvalue weighted by Gasteiger charge is -2.15. The van der Waals surface area contributed by atoms with E-state index in [1.165, 1.54) is 289 Å². The number of esters is 2. The Hall–Kier alpha value is -2.66. The molecule has 0 saturated heterocycles. The third kappa shape index (κ3) is 69.8. The monoisotopic (exact) mass is 1150 g/mol. The molecule has 0 saturated carbocycles. The van der Waals surface area contributed by atoms with E-state index in [4.69, 9.17) is 9.47 Å². The molecule has 0 amide bonds. The number of hydrogen-bond acceptors (Lipinski definition) is 5. The van der Waals surface area contributed by atoms with Crippen LogP contribution in [0.5, 0.6) is 0 Å². The summed E-state index contributed by atoms with van der Waals surface area (Å²) >= 11 is 0. The molecule has 1 unspecified atom stereocenters. The minimum Gasteiger partial charge on any atom is -0.462 e. The molecular formula is C77H140O5. The molecule has 0 aliphatic heterocycles. The number of carbonyl (C=O) groups is 2. The highest BCUT2D eigenvalue weighted by molar-refractivity contribution is 5.70. The maximum Gasteiger partial charge on any atom is 0.306 e. The molecule has 0 fully saturated rings. The highest BCUT2D eigenvalue weighted by atomic mass is 16.6. The van der Waals surface area contributed by atoms with Gasteiger partial charge in [-0.05, 0) is 83.5 Å². The van der Waals surface area contributed by atoms with Gasteiger partial charge in [-0.2, -0.15) is 0 Å². The molecule has 1 atom stereocenters. The van der Waals surface area contributed by atoms with Crippen LogP contribution in [0.4, 0.5) is 0 Å². The Morgan fingerprint density at radius 1 is 0.293 bits per heavy atom. The molecule has 0 spiro atoms. The van der Waals surface area contributed by atoms with Crippen molar-refractivity contribution >= 4 is 11.9 Å². The van der Waals surface area contributed by atoms with Crippen LogP contribution in [-0.2, 0) is 19.1 Å². The molecule has 5 nitrogen and oxygen atoms in total. The summed E-state index contributed by atoms with van der Waals surface area (Å²) in [4.78, 5) is 24.7. The van der Waals surface area contributed by atoms with Crippen LogP contribution in [0, 0.1) is 0 Å². The molecule has 0 heterocycles. The molecule has 82 heavy (non-hydrogen) atoms. The third-order valence-corrected chi connectivity index (χ3v) is 16.5. The van der Waals surface area contributed by atoms with Gasteiger partial charge in [0.1, 0.15) is 6.61 Å². The summed E-state index contributed by atoms with van der Waals surface area (Å²) in [6.45, 7) is 4.08. The Labute approximate surface area is 512 Å². The Morgan fingerprint density at radius 2 is 0.524 bits per heavy atom. The number of unbranched alkanes of at least 4 members (excludes halogenated alkanes) is 48. The van der Waals surface area contributed by atoms with E-state index in [2.05, 4.69) is 86.8 Å². The van der Waals surface area contributed by atoms with E-state index in [1.807, 2.05) is 0 Å². The molecule has 1 N–H and O–H groups in total. The van der Waals surface area contributed by atoms with Crippen molar-refractivity contribution in [3.8, 4) is 0 Å². The lowest BCUT2D eigenvalue weighted by Crippen LogP contribution is -2.28. The summed E-state index contributed by atoms with van der Waals surface area (Å²) in [6.07, 6.45) is 101. The van der Waals surface area contributed by atoms with Crippen LogP contribution in [0.1, 0.15) is 386 Å². The van der Waals surface area contributed by atoms with E-state index in [0.717, 1.165) is 70.6 Å². The minimum absolute atomic E-state index is 0.0611. The van der Waals surface area contributed by atoms with Crippen molar-refractivity contribution in [2.75, 3.05) is 13.2 Å². The number of aliphatic hydroxyl groups is 1. The first-order valence-corrected chi connectivity index (χ1v) is 36.5. The van der Waals surface area contributed by atoms with Gasteiger partial charge < -0.3 is 14.6 Å². The van der Waals surface area contributed by atoms with Gasteiger partial charge in [0.05, 0.1) is 6.61 Å². The number of hydrogen-bond donors (Lipinski definition) is 1. The third-order valence-electron chi connectivity index (χ3n) is 16.5. The summed E-state index contributed by atoms with van der Waals surface area (Å²) < 4.78 is 10.8.